The molecule has 4 nitrogen and oxygen atoms in total. The van der Waals surface area contributed by atoms with Crippen LogP contribution in [0.25, 0.3) is 0 Å². The van der Waals surface area contributed by atoms with E-state index >= 15 is 0 Å². The summed E-state index contributed by atoms with van der Waals surface area (Å²) in [6.07, 6.45) is 5.20. The Morgan fingerprint density at radius 1 is 1.17 bits per heavy atom. The first kappa shape index (κ1) is 20.9. The van der Waals surface area contributed by atoms with Crippen molar-refractivity contribution >= 4 is 35.0 Å². The van der Waals surface area contributed by atoms with Crippen LogP contribution in [0.2, 0.25) is 10.0 Å². The molecule has 6 atom stereocenters. The molecular formula is C22H27Cl2FN2O2. The van der Waals surface area contributed by atoms with Crippen molar-refractivity contribution in [1.29, 1.82) is 0 Å². The van der Waals surface area contributed by atoms with Crippen LogP contribution in [0.5, 0.6) is 0 Å². The summed E-state index contributed by atoms with van der Waals surface area (Å²) in [4.78, 5) is 24.5. The summed E-state index contributed by atoms with van der Waals surface area (Å²) < 4.78 is 14.9. The highest BCUT2D eigenvalue weighted by molar-refractivity contribution is 6.42. The third-order valence-corrected chi connectivity index (χ3v) is 7.91. The summed E-state index contributed by atoms with van der Waals surface area (Å²) in [5, 5.41) is 6.51. The van der Waals surface area contributed by atoms with Crippen LogP contribution in [-0.2, 0) is 9.59 Å². The van der Waals surface area contributed by atoms with Crippen molar-refractivity contribution in [3.63, 3.8) is 0 Å². The van der Waals surface area contributed by atoms with Crippen LogP contribution in [-0.4, -0.2) is 17.9 Å². The fraction of sp³-hybridized carbons (Fsp3) is 0.636. The van der Waals surface area contributed by atoms with Gasteiger partial charge in [-0.15, -0.1) is 0 Å². The first-order valence-corrected chi connectivity index (χ1v) is 11.1. The molecule has 7 heteroatoms. The molecule has 0 heterocycles. The molecule has 4 rings (SSSR count). The van der Waals surface area contributed by atoms with E-state index in [1.54, 1.807) is 0 Å². The van der Waals surface area contributed by atoms with Crippen LogP contribution in [0.4, 0.5) is 4.39 Å². The largest absolute Gasteiger partial charge is 0.354 e. The Hall–Kier alpha value is -1.33. The molecule has 0 aromatic heterocycles. The molecule has 1 aromatic rings. The van der Waals surface area contributed by atoms with Crippen molar-refractivity contribution in [1.82, 2.24) is 10.6 Å². The van der Waals surface area contributed by atoms with Crippen LogP contribution in [0.1, 0.15) is 64.0 Å². The van der Waals surface area contributed by atoms with Gasteiger partial charge in [-0.25, -0.2) is 4.39 Å². The highest BCUT2D eigenvalue weighted by atomic mass is 35.5. The molecule has 0 spiro atoms. The van der Waals surface area contributed by atoms with E-state index in [2.05, 4.69) is 17.6 Å². The van der Waals surface area contributed by atoms with Gasteiger partial charge >= 0.3 is 0 Å². The Kier molecular flexibility index (Phi) is 5.58. The van der Waals surface area contributed by atoms with Gasteiger partial charge in [0.2, 0.25) is 11.8 Å². The van der Waals surface area contributed by atoms with Crippen molar-refractivity contribution in [2.75, 3.05) is 0 Å². The fourth-order valence-electron chi connectivity index (χ4n) is 5.63. The van der Waals surface area contributed by atoms with Crippen molar-refractivity contribution in [3.05, 3.63) is 33.6 Å². The Bertz CT molecular complexity index is 836. The summed E-state index contributed by atoms with van der Waals surface area (Å²) in [5.74, 6) is 0.510. The summed E-state index contributed by atoms with van der Waals surface area (Å²) in [7, 11) is 0. The quantitative estimate of drug-likeness (QED) is 0.630. The zero-order valence-corrected chi connectivity index (χ0v) is 18.2. The standard InChI is InChI=1S/C22H27Cl2FN2O2/c1-11(28)26-15-4-3-12(8-15)21(29)27-20(22(2)9-13-7-14(13)10-22)18-17(25)6-5-16(23)19(18)24/h5-6,12-15,20H,3-4,7-10H2,1-2H3,(H,26,28)(H,27,29)/t12-,13-,14+,15-,20-,22?/m1/s1. The smallest absolute Gasteiger partial charge is 0.223 e. The van der Waals surface area contributed by atoms with Gasteiger partial charge in [0.1, 0.15) is 5.82 Å². The van der Waals surface area contributed by atoms with Crippen molar-refractivity contribution < 1.29 is 14.0 Å². The summed E-state index contributed by atoms with van der Waals surface area (Å²) in [5.41, 5.74) is 0.0429. The monoisotopic (exact) mass is 440 g/mol. The number of hydrogen-bond acceptors (Lipinski definition) is 2. The molecule has 29 heavy (non-hydrogen) atoms. The molecule has 3 fully saturated rings. The molecular weight excluding hydrogens is 414 g/mol. The molecule has 2 amide bonds. The number of amides is 2. The fourth-order valence-corrected chi connectivity index (χ4v) is 6.05. The molecule has 3 saturated carbocycles. The second kappa shape index (κ2) is 7.73. The van der Waals surface area contributed by atoms with Crippen LogP contribution in [0.3, 0.4) is 0 Å². The van der Waals surface area contributed by atoms with Gasteiger partial charge in [0.15, 0.2) is 0 Å². The Balaban J connectivity index is 1.58. The zero-order valence-electron chi connectivity index (χ0n) is 16.7. The minimum Gasteiger partial charge on any atom is -0.354 e. The first-order chi connectivity index (χ1) is 13.7. The minimum atomic E-state index is -0.520. The van der Waals surface area contributed by atoms with Gasteiger partial charge in [0.05, 0.1) is 16.1 Å². The van der Waals surface area contributed by atoms with E-state index in [0.717, 1.165) is 19.3 Å². The maximum absolute atomic E-state index is 14.9. The molecule has 1 unspecified atom stereocenters. The average Bonchev–Trinajstić information content (AvgIpc) is 3.03. The number of rotatable bonds is 5. The molecule has 0 saturated heterocycles. The zero-order chi connectivity index (χ0) is 20.9. The maximum atomic E-state index is 14.9. The number of carbonyl (C=O) groups excluding carboxylic acids is 2. The van der Waals surface area contributed by atoms with Gasteiger partial charge < -0.3 is 10.6 Å². The number of hydrogen-bond donors (Lipinski definition) is 2. The highest BCUT2D eigenvalue weighted by Gasteiger charge is 2.55. The Morgan fingerprint density at radius 2 is 1.86 bits per heavy atom. The van der Waals surface area contributed by atoms with E-state index in [4.69, 9.17) is 23.2 Å². The number of nitrogens with one attached hydrogen (secondary N) is 2. The third kappa shape index (κ3) is 4.13. The molecule has 0 aliphatic heterocycles. The SMILES string of the molecule is CC(=O)N[C@@H]1CC[C@@H](C(=O)N[C@H](c2c(F)ccc(Cl)c2Cl)C2(C)C[C@H]3C[C@H]3C2)C1. The third-order valence-electron chi connectivity index (χ3n) is 7.09. The molecule has 1 aromatic carbocycles. The van der Waals surface area contributed by atoms with Gasteiger partial charge in [0, 0.05) is 24.4 Å². The summed E-state index contributed by atoms with van der Waals surface area (Å²) >= 11 is 12.6. The lowest BCUT2D eigenvalue weighted by Crippen LogP contribution is -2.42. The van der Waals surface area contributed by atoms with E-state index in [9.17, 15) is 14.0 Å². The lowest BCUT2D eigenvalue weighted by atomic mass is 9.74. The molecule has 3 aliphatic rings. The Morgan fingerprint density at radius 3 is 2.52 bits per heavy atom. The second-order valence-corrected chi connectivity index (χ2v) is 10.2. The number of halogens is 3. The van der Waals surface area contributed by atoms with E-state index in [1.807, 2.05) is 0 Å². The molecule has 0 radical (unpaired) electrons. The summed E-state index contributed by atoms with van der Waals surface area (Å²) in [6, 6.07) is 2.27. The van der Waals surface area contributed by atoms with Crippen molar-refractivity contribution in [2.24, 2.45) is 23.2 Å². The normalized spacial score (nSPS) is 33.8. The predicted molar refractivity (Wildman–Crippen MR) is 111 cm³/mol. The van der Waals surface area contributed by atoms with Crippen LogP contribution < -0.4 is 10.6 Å². The topological polar surface area (TPSA) is 58.2 Å². The van der Waals surface area contributed by atoms with Gasteiger partial charge in [-0.3, -0.25) is 9.59 Å². The number of benzene rings is 1. The number of carbonyl (C=O) groups is 2. The lowest BCUT2D eigenvalue weighted by molar-refractivity contribution is -0.127. The van der Waals surface area contributed by atoms with Gasteiger partial charge in [0.25, 0.3) is 0 Å². The maximum Gasteiger partial charge on any atom is 0.223 e. The summed E-state index contributed by atoms with van der Waals surface area (Å²) in [6.45, 7) is 3.61. The van der Waals surface area contributed by atoms with Crippen LogP contribution in [0.15, 0.2) is 12.1 Å². The molecule has 158 valence electrons. The highest BCUT2D eigenvalue weighted by Crippen LogP contribution is 2.64. The minimum absolute atomic E-state index is 0.0166. The lowest BCUT2D eigenvalue weighted by Gasteiger charge is -2.38. The van der Waals surface area contributed by atoms with E-state index in [-0.39, 0.29) is 34.2 Å². The second-order valence-electron chi connectivity index (χ2n) is 9.42. The van der Waals surface area contributed by atoms with Crippen molar-refractivity contribution in [2.45, 2.75) is 64.5 Å². The van der Waals surface area contributed by atoms with Gasteiger partial charge in [-0.2, -0.15) is 0 Å². The van der Waals surface area contributed by atoms with Crippen LogP contribution >= 0.6 is 23.2 Å². The molecule has 3 aliphatic carbocycles. The number of fused-ring (bicyclic) bond motifs is 1. The molecule has 0 bridgehead atoms. The average molecular weight is 441 g/mol. The van der Waals surface area contributed by atoms with Gasteiger partial charge in [-0.1, -0.05) is 30.1 Å². The Labute approximate surface area is 180 Å². The van der Waals surface area contributed by atoms with E-state index < -0.39 is 11.9 Å². The van der Waals surface area contributed by atoms with E-state index in [1.165, 1.54) is 25.5 Å². The predicted octanol–water partition coefficient (Wildman–Crippen LogP) is 5.03. The van der Waals surface area contributed by atoms with E-state index in [0.29, 0.717) is 35.3 Å². The first-order valence-electron chi connectivity index (χ1n) is 10.4. The molecule has 2 N–H and O–H groups in total. The van der Waals surface area contributed by atoms with Gasteiger partial charge in [-0.05, 0) is 67.9 Å². The van der Waals surface area contributed by atoms with Crippen molar-refractivity contribution in [3.8, 4) is 0 Å². The van der Waals surface area contributed by atoms with Crippen LogP contribution in [0, 0.1) is 29.0 Å².